The van der Waals surface area contributed by atoms with Gasteiger partial charge in [0.05, 0.1) is 0 Å². The van der Waals surface area contributed by atoms with E-state index < -0.39 is 8.72 Å². The minimum atomic E-state index is -2.30. The Labute approximate surface area is 83.2 Å². The van der Waals surface area contributed by atoms with Crippen molar-refractivity contribution in [1.29, 1.82) is 0 Å². The van der Waals surface area contributed by atoms with Gasteiger partial charge in [-0.2, -0.15) is 0 Å². The zero-order chi connectivity index (χ0) is 10.5. The number of rotatable bonds is 6. The second kappa shape index (κ2) is 5.72. The Hall–Kier alpha value is 0.0569. The number of hydrogen-bond acceptors (Lipinski definition) is 4. The van der Waals surface area contributed by atoms with Gasteiger partial charge in [0.25, 0.3) is 0 Å². The van der Waals surface area contributed by atoms with Gasteiger partial charge in [-0.15, -0.1) is 0 Å². The van der Waals surface area contributed by atoms with E-state index in [9.17, 15) is 0 Å². The molecule has 0 amide bonds. The molecule has 80 valence electrons. The summed E-state index contributed by atoms with van der Waals surface area (Å²) in [7, 11) is -2.30. The molecule has 0 saturated heterocycles. The van der Waals surface area contributed by atoms with Crippen LogP contribution in [-0.4, -0.2) is 44.0 Å². The largest absolute Gasteiger partial charge is 0.365 e. The Bertz CT molecular complexity index is 118. The zero-order valence-corrected chi connectivity index (χ0v) is 10.4. The summed E-state index contributed by atoms with van der Waals surface area (Å²) in [6.45, 7) is 12.2. The van der Waals surface area contributed by atoms with Gasteiger partial charge in [-0.05, 0) is 26.2 Å². The molecule has 0 aromatic rings. The van der Waals surface area contributed by atoms with Crippen molar-refractivity contribution in [2.24, 2.45) is 10.8 Å². The summed E-state index contributed by atoms with van der Waals surface area (Å²) in [4.78, 5) is 0. The molecule has 0 aliphatic carbocycles. The van der Waals surface area contributed by atoms with Gasteiger partial charge in [-0.1, -0.05) is 27.7 Å². The van der Waals surface area contributed by atoms with Crippen molar-refractivity contribution in [2.45, 2.75) is 27.7 Å². The third-order valence-corrected chi connectivity index (χ3v) is 5.83. The fourth-order valence-corrected chi connectivity index (χ4v) is 4.09. The van der Waals surface area contributed by atoms with Crippen LogP contribution in [0.15, 0.2) is 0 Å². The van der Waals surface area contributed by atoms with E-state index >= 15 is 0 Å². The highest BCUT2D eigenvalue weighted by Gasteiger charge is 2.36. The molecular weight excluding hydrogens is 180 g/mol. The first-order chi connectivity index (χ1) is 6.04. The third kappa shape index (κ3) is 3.03. The Morgan fingerprint density at radius 1 is 0.769 bits per heavy atom. The molecule has 4 nitrogen and oxygen atoms in total. The topological polar surface area (TPSA) is 58.5 Å². The molecule has 0 saturated carbocycles. The average Bonchev–Trinajstić information content (AvgIpc) is 2.07. The van der Waals surface area contributed by atoms with Crippen molar-refractivity contribution in [2.75, 3.05) is 26.2 Å². The highest BCUT2D eigenvalue weighted by molar-refractivity contribution is 6.67. The number of hydrogen-bond donors (Lipinski definition) is 2. The molecule has 0 bridgehead atoms. The molecular formula is C8H24N4Si. The lowest BCUT2D eigenvalue weighted by molar-refractivity contribution is 0.350. The van der Waals surface area contributed by atoms with Crippen molar-refractivity contribution < 1.29 is 0 Å². The molecule has 0 heterocycles. The van der Waals surface area contributed by atoms with Crippen LogP contribution < -0.4 is 10.8 Å². The maximum atomic E-state index is 6.22. The van der Waals surface area contributed by atoms with Crippen LogP contribution in [0.25, 0.3) is 0 Å². The lowest BCUT2D eigenvalue weighted by atomic mass is 10.7. The summed E-state index contributed by atoms with van der Waals surface area (Å²) in [5.41, 5.74) is 0. The molecule has 0 aromatic heterocycles. The highest BCUT2D eigenvalue weighted by atomic mass is 28.4. The average molecular weight is 204 g/mol. The third-order valence-electron chi connectivity index (χ3n) is 2.54. The molecule has 0 aliphatic heterocycles. The van der Waals surface area contributed by atoms with Crippen molar-refractivity contribution in [3.8, 4) is 0 Å². The molecule has 0 fully saturated rings. The van der Waals surface area contributed by atoms with E-state index in [1.807, 2.05) is 0 Å². The van der Waals surface area contributed by atoms with Gasteiger partial charge in [-0.25, -0.2) is 0 Å². The van der Waals surface area contributed by atoms with Gasteiger partial charge in [0.1, 0.15) is 0 Å². The minimum Gasteiger partial charge on any atom is -0.314 e. The molecule has 0 aliphatic rings. The SMILES string of the molecule is CCN(CC)[Si](N)(N)N(CC)CC. The first-order valence-electron chi connectivity index (χ1n) is 5.12. The molecule has 0 rings (SSSR count). The summed E-state index contributed by atoms with van der Waals surface area (Å²) >= 11 is 0. The van der Waals surface area contributed by atoms with Crippen LogP contribution in [0.3, 0.4) is 0 Å². The smallest absolute Gasteiger partial charge is 0.314 e. The standard InChI is InChI=1S/C8H24N4Si/c1-5-11(6-2)13(9,10)12(7-3)8-4/h5-10H2,1-4H3. The van der Waals surface area contributed by atoms with Crippen molar-refractivity contribution in [3.05, 3.63) is 0 Å². The second-order valence-corrected chi connectivity index (χ2v) is 5.96. The molecule has 4 N–H and O–H groups in total. The van der Waals surface area contributed by atoms with Gasteiger partial charge in [0.2, 0.25) is 0 Å². The summed E-state index contributed by atoms with van der Waals surface area (Å²) in [6, 6.07) is 0. The van der Waals surface area contributed by atoms with Crippen LogP contribution in [0, 0.1) is 0 Å². The van der Waals surface area contributed by atoms with Gasteiger partial charge >= 0.3 is 8.72 Å². The Morgan fingerprint density at radius 2 is 1.00 bits per heavy atom. The molecule has 13 heavy (non-hydrogen) atoms. The minimum absolute atomic E-state index is 0.937. The molecule has 0 atom stereocenters. The summed E-state index contributed by atoms with van der Waals surface area (Å²) < 4.78 is 4.39. The van der Waals surface area contributed by atoms with E-state index in [4.69, 9.17) is 10.8 Å². The van der Waals surface area contributed by atoms with Gasteiger partial charge in [0, 0.05) is 0 Å². The van der Waals surface area contributed by atoms with E-state index in [0.29, 0.717) is 0 Å². The fraction of sp³-hybridized carbons (Fsp3) is 1.00. The Kier molecular flexibility index (Phi) is 5.74. The number of nitrogens with zero attached hydrogens (tertiary/aromatic N) is 2. The predicted molar refractivity (Wildman–Crippen MR) is 60.0 cm³/mol. The van der Waals surface area contributed by atoms with Gasteiger partial charge in [-0.3, -0.25) is 9.13 Å². The van der Waals surface area contributed by atoms with E-state index in [0.717, 1.165) is 26.2 Å². The van der Waals surface area contributed by atoms with Gasteiger partial charge < -0.3 is 10.8 Å². The monoisotopic (exact) mass is 204 g/mol. The van der Waals surface area contributed by atoms with Crippen LogP contribution in [0.1, 0.15) is 27.7 Å². The molecule has 5 heteroatoms. The highest BCUT2D eigenvalue weighted by Crippen LogP contribution is 2.02. The molecule has 0 radical (unpaired) electrons. The maximum Gasteiger partial charge on any atom is 0.365 e. The van der Waals surface area contributed by atoms with Crippen LogP contribution in [0.5, 0.6) is 0 Å². The summed E-state index contributed by atoms with van der Waals surface area (Å²) in [5.74, 6) is 0. The van der Waals surface area contributed by atoms with Crippen LogP contribution in [0.2, 0.25) is 0 Å². The van der Waals surface area contributed by atoms with Crippen LogP contribution in [-0.2, 0) is 0 Å². The fourth-order valence-electron chi connectivity index (χ4n) is 1.66. The van der Waals surface area contributed by atoms with E-state index in [-0.39, 0.29) is 0 Å². The zero-order valence-electron chi connectivity index (χ0n) is 9.38. The maximum absolute atomic E-state index is 6.22. The van der Waals surface area contributed by atoms with Crippen molar-refractivity contribution in [3.63, 3.8) is 0 Å². The van der Waals surface area contributed by atoms with Crippen LogP contribution >= 0.6 is 0 Å². The van der Waals surface area contributed by atoms with Crippen molar-refractivity contribution >= 4 is 8.72 Å². The molecule has 0 spiro atoms. The quantitative estimate of drug-likeness (QED) is 0.599. The normalized spacial score (nSPS) is 12.9. The van der Waals surface area contributed by atoms with E-state index in [1.54, 1.807) is 0 Å². The van der Waals surface area contributed by atoms with Crippen LogP contribution in [0.4, 0.5) is 0 Å². The lowest BCUT2D eigenvalue weighted by Gasteiger charge is -2.40. The first-order valence-corrected chi connectivity index (χ1v) is 7.17. The second-order valence-electron chi connectivity index (χ2n) is 3.13. The Balaban J connectivity index is 4.48. The molecule has 0 aromatic carbocycles. The van der Waals surface area contributed by atoms with E-state index in [1.165, 1.54) is 0 Å². The predicted octanol–water partition coefficient (Wildman–Crippen LogP) is 0.0230. The number of nitrogens with two attached hydrogens (primary N) is 2. The Morgan fingerprint density at radius 3 is 1.15 bits per heavy atom. The first kappa shape index (κ1) is 13.1. The lowest BCUT2D eigenvalue weighted by Crippen LogP contribution is -2.78. The summed E-state index contributed by atoms with van der Waals surface area (Å²) in [5, 5.41) is 12.4. The van der Waals surface area contributed by atoms with Gasteiger partial charge in [0.15, 0.2) is 0 Å². The summed E-state index contributed by atoms with van der Waals surface area (Å²) in [6.07, 6.45) is 0. The molecule has 0 unspecified atom stereocenters. The van der Waals surface area contributed by atoms with Crippen molar-refractivity contribution in [1.82, 2.24) is 9.13 Å². The van der Waals surface area contributed by atoms with E-state index in [2.05, 4.69) is 36.8 Å².